The highest BCUT2D eigenvalue weighted by atomic mass is 16.5. The number of hydrogen-bond donors (Lipinski definition) is 1. The van der Waals surface area contributed by atoms with Gasteiger partial charge in [0.05, 0.1) is 18.2 Å². The lowest BCUT2D eigenvalue weighted by atomic mass is 9.95. The van der Waals surface area contributed by atoms with Crippen LogP contribution >= 0.6 is 0 Å². The largest absolute Gasteiger partial charge is 0.503 e. The van der Waals surface area contributed by atoms with E-state index in [-0.39, 0.29) is 11.3 Å². The van der Waals surface area contributed by atoms with Gasteiger partial charge in [-0.05, 0) is 62.3 Å². The molecular weight excluding hydrogens is 456 g/mol. The van der Waals surface area contributed by atoms with Crippen molar-refractivity contribution in [2.45, 2.75) is 39.7 Å². The van der Waals surface area contributed by atoms with Crippen LogP contribution in [0.2, 0.25) is 0 Å². The van der Waals surface area contributed by atoms with Crippen LogP contribution in [-0.4, -0.2) is 59.4 Å². The lowest BCUT2D eigenvalue weighted by molar-refractivity contribution is -0.129. The van der Waals surface area contributed by atoms with Gasteiger partial charge in [0.1, 0.15) is 11.3 Å². The SMILES string of the molecule is CCCOc1ccc(C2C(C(=O)c3cc4ccccc4o3)=C(O)C(=O)N2CCCN(CC)CC)cc1. The van der Waals surface area contributed by atoms with E-state index in [1.54, 1.807) is 17.0 Å². The molecule has 7 nitrogen and oxygen atoms in total. The number of aliphatic hydroxyl groups is 1. The molecule has 0 fully saturated rings. The highest BCUT2D eigenvalue weighted by Gasteiger charge is 2.44. The Balaban J connectivity index is 1.67. The molecule has 1 aliphatic rings. The van der Waals surface area contributed by atoms with E-state index in [9.17, 15) is 14.7 Å². The van der Waals surface area contributed by atoms with Crippen LogP contribution in [0.3, 0.4) is 0 Å². The standard InChI is InChI=1S/C29H34N2O5/c1-4-18-35-22-14-12-20(13-15-22)26-25(27(32)24-19-21-10-7-8-11-23(21)36-24)28(33)29(34)31(26)17-9-16-30(5-2)6-3/h7-8,10-15,19,26,33H,4-6,9,16-18H2,1-3H3. The van der Waals surface area contributed by atoms with Crippen LogP contribution in [0.1, 0.15) is 55.8 Å². The molecule has 1 aliphatic heterocycles. The number of fused-ring (bicyclic) bond motifs is 1. The molecule has 36 heavy (non-hydrogen) atoms. The molecule has 2 aromatic carbocycles. The van der Waals surface area contributed by atoms with Crippen molar-refractivity contribution < 1.29 is 23.8 Å². The molecule has 3 aromatic rings. The summed E-state index contributed by atoms with van der Waals surface area (Å²) in [5, 5.41) is 11.7. The molecule has 0 radical (unpaired) electrons. The third-order valence-electron chi connectivity index (χ3n) is 6.63. The van der Waals surface area contributed by atoms with Gasteiger partial charge in [0.2, 0.25) is 5.78 Å². The molecule has 1 unspecified atom stereocenters. The number of Topliss-reactive ketones (excluding diaryl/α,β-unsaturated/α-hetero) is 1. The van der Waals surface area contributed by atoms with Crippen molar-refractivity contribution in [1.29, 1.82) is 0 Å². The van der Waals surface area contributed by atoms with Gasteiger partial charge in [0.25, 0.3) is 5.91 Å². The average Bonchev–Trinajstić information content (AvgIpc) is 3.45. The zero-order valence-electron chi connectivity index (χ0n) is 21.2. The van der Waals surface area contributed by atoms with Gasteiger partial charge in [-0.2, -0.15) is 0 Å². The number of ether oxygens (including phenoxy) is 1. The molecule has 4 rings (SSSR count). The molecule has 1 amide bonds. The van der Waals surface area contributed by atoms with E-state index in [0.29, 0.717) is 18.7 Å². The summed E-state index contributed by atoms with van der Waals surface area (Å²) in [6.07, 6.45) is 1.62. The van der Waals surface area contributed by atoms with Crippen LogP contribution in [0.4, 0.5) is 0 Å². The van der Waals surface area contributed by atoms with Crippen molar-refractivity contribution in [2.75, 3.05) is 32.8 Å². The number of benzene rings is 2. The summed E-state index contributed by atoms with van der Waals surface area (Å²) in [5.41, 5.74) is 1.36. The summed E-state index contributed by atoms with van der Waals surface area (Å²) >= 11 is 0. The minimum absolute atomic E-state index is 0.0455. The van der Waals surface area contributed by atoms with E-state index in [2.05, 4.69) is 18.7 Å². The first-order valence-corrected chi connectivity index (χ1v) is 12.7. The van der Waals surface area contributed by atoms with Crippen molar-refractivity contribution in [3.8, 4) is 5.75 Å². The van der Waals surface area contributed by atoms with E-state index in [4.69, 9.17) is 9.15 Å². The zero-order valence-corrected chi connectivity index (χ0v) is 21.2. The Morgan fingerprint density at radius 3 is 2.47 bits per heavy atom. The van der Waals surface area contributed by atoms with Crippen molar-refractivity contribution in [3.63, 3.8) is 0 Å². The first-order chi connectivity index (χ1) is 17.5. The zero-order chi connectivity index (χ0) is 25.7. The molecule has 0 spiro atoms. The van der Waals surface area contributed by atoms with Crippen LogP contribution in [0.15, 0.2) is 70.3 Å². The van der Waals surface area contributed by atoms with Gasteiger partial charge in [0.15, 0.2) is 11.5 Å². The molecule has 1 N–H and O–H groups in total. The minimum atomic E-state index is -0.713. The Kier molecular flexibility index (Phi) is 8.10. The van der Waals surface area contributed by atoms with Gasteiger partial charge in [-0.3, -0.25) is 9.59 Å². The summed E-state index contributed by atoms with van der Waals surface area (Å²) in [5.74, 6) is -0.718. The molecule has 0 bridgehead atoms. The maximum Gasteiger partial charge on any atom is 0.290 e. The van der Waals surface area contributed by atoms with E-state index < -0.39 is 23.5 Å². The van der Waals surface area contributed by atoms with Gasteiger partial charge >= 0.3 is 0 Å². The fourth-order valence-corrected chi connectivity index (χ4v) is 4.66. The first kappa shape index (κ1) is 25.5. The Hall–Kier alpha value is -3.58. The molecular formula is C29H34N2O5. The second kappa shape index (κ2) is 11.4. The van der Waals surface area contributed by atoms with Gasteiger partial charge in [-0.15, -0.1) is 0 Å². The highest BCUT2D eigenvalue weighted by Crippen LogP contribution is 2.40. The second-order valence-corrected chi connectivity index (χ2v) is 8.94. The van der Waals surface area contributed by atoms with Crippen LogP contribution < -0.4 is 4.74 Å². The van der Waals surface area contributed by atoms with Gasteiger partial charge in [-0.25, -0.2) is 0 Å². The molecule has 190 valence electrons. The average molecular weight is 491 g/mol. The molecule has 1 aromatic heterocycles. The number of aliphatic hydroxyl groups excluding tert-OH is 1. The summed E-state index contributed by atoms with van der Waals surface area (Å²) in [4.78, 5) is 30.8. The Morgan fingerprint density at radius 1 is 1.08 bits per heavy atom. The number of carbonyl (C=O) groups is 2. The fourth-order valence-electron chi connectivity index (χ4n) is 4.66. The molecule has 0 saturated carbocycles. The lowest BCUT2D eigenvalue weighted by Crippen LogP contribution is -2.34. The van der Waals surface area contributed by atoms with E-state index in [1.807, 2.05) is 49.4 Å². The first-order valence-electron chi connectivity index (χ1n) is 12.7. The van der Waals surface area contributed by atoms with Crippen molar-refractivity contribution in [3.05, 3.63) is 77.3 Å². The number of furan rings is 1. The fraction of sp³-hybridized carbons (Fsp3) is 0.379. The maximum atomic E-state index is 13.7. The third kappa shape index (κ3) is 5.16. The normalized spacial score (nSPS) is 15.9. The smallest absolute Gasteiger partial charge is 0.290 e. The number of rotatable bonds is 12. The number of amides is 1. The van der Waals surface area contributed by atoms with E-state index in [0.717, 1.165) is 49.2 Å². The topological polar surface area (TPSA) is 83.2 Å². The quantitative estimate of drug-likeness (QED) is 0.336. The Morgan fingerprint density at radius 2 is 1.81 bits per heavy atom. The van der Waals surface area contributed by atoms with Gasteiger partial charge in [0, 0.05) is 11.9 Å². The van der Waals surface area contributed by atoms with Crippen molar-refractivity contribution in [1.82, 2.24) is 9.80 Å². The summed E-state index contributed by atoms with van der Waals surface area (Å²) in [7, 11) is 0. The van der Waals surface area contributed by atoms with E-state index in [1.165, 1.54) is 0 Å². The highest BCUT2D eigenvalue weighted by molar-refractivity contribution is 6.16. The number of ketones is 1. The van der Waals surface area contributed by atoms with Crippen LogP contribution in [-0.2, 0) is 4.79 Å². The van der Waals surface area contributed by atoms with Crippen molar-refractivity contribution in [2.24, 2.45) is 0 Å². The van der Waals surface area contributed by atoms with Gasteiger partial charge in [-0.1, -0.05) is 51.1 Å². The maximum absolute atomic E-state index is 13.7. The number of hydrogen-bond acceptors (Lipinski definition) is 6. The summed E-state index contributed by atoms with van der Waals surface area (Å²) in [6, 6.07) is 15.7. The van der Waals surface area contributed by atoms with Crippen LogP contribution in [0, 0.1) is 0 Å². The minimum Gasteiger partial charge on any atom is -0.503 e. The lowest BCUT2D eigenvalue weighted by Gasteiger charge is -2.28. The van der Waals surface area contributed by atoms with Crippen LogP contribution in [0.5, 0.6) is 5.75 Å². The molecule has 0 saturated heterocycles. The van der Waals surface area contributed by atoms with Crippen LogP contribution in [0.25, 0.3) is 11.0 Å². The predicted molar refractivity (Wildman–Crippen MR) is 139 cm³/mol. The summed E-state index contributed by atoms with van der Waals surface area (Å²) in [6.45, 7) is 9.93. The molecule has 0 aliphatic carbocycles. The molecule has 1 atom stereocenters. The predicted octanol–water partition coefficient (Wildman–Crippen LogP) is 5.53. The molecule has 7 heteroatoms. The van der Waals surface area contributed by atoms with E-state index >= 15 is 0 Å². The second-order valence-electron chi connectivity index (χ2n) is 8.94. The molecule has 2 heterocycles. The summed E-state index contributed by atoms with van der Waals surface area (Å²) < 4.78 is 11.5. The van der Waals surface area contributed by atoms with Crippen molar-refractivity contribution >= 4 is 22.7 Å². The monoisotopic (exact) mass is 490 g/mol. The number of para-hydroxylation sites is 1. The van der Waals surface area contributed by atoms with Gasteiger partial charge < -0.3 is 24.1 Å². The third-order valence-corrected chi connectivity index (χ3v) is 6.63. The Labute approximate surface area is 211 Å². The number of nitrogens with zero attached hydrogens (tertiary/aromatic N) is 2. The Bertz CT molecular complexity index is 1210. The number of carbonyl (C=O) groups excluding carboxylic acids is 2.